The Morgan fingerprint density at radius 1 is 1.00 bits per heavy atom. The van der Waals surface area contributed by atoms with E-state index in [0.29, 0.717) is 16.9 Å². The first-order valence-corrected chi connectivity index (χ1v) is 11.3. The zero-order chi connectivity index (χ0) is 24.7. The van der Waals surface area contributed by atoms with Crippen LogP contribution >= 0.6 is 0 Å². The van der Waals surface area contributed by atoms with Crippen molar-refractivity contribution in [3.8, 4) is 11.5 Å². The highest BCUT2D eigenvalue weighted by Gasteiger charge is 2.48. The molecule has 176 valence electrons. The molecule has 1 saturated heterocycles. The van der Waals surface area contributed by atoms with Gasteiger partial charge < -0.3 is 19.9 Å². The van der Waals surface area contributed by atoms with Crippen LogP contribution in [0, 0.1) is 0 Å². The Morgan fingerprint density at radius 2 is 1.74 bits per heavy atom. The molecule has 1 unspecified atom stereocenters. The Morgan fingerprint density at radius 3 is 2.51 bits per heavy atom. The van der Waals surface area contributed by atoms with Crippen molar-refractivity contribution in [1.82, 2.24) is 4.98 Å². The number of carbonyl (C=O) groups excluding carboxylic acids is 2. The zero-order valence-corrected chi connectivity index (χ0v) is 19.2. The number of nitrogens with one attached hydrogen (secondary N) is 1. The van der Waals surface area contributed by atoms with Crippen LogP contribution in [-0.2, 0) is 9.59 Å². The molecule has 0 radical (unpaired) electrons. The second-order valence-corrected chi connectivity index (χ2v) is 8.64. The smallest absolute Gasteiger partial charge is 0.300 e. The average molecular weight is 469 g/mol. The van der Waals surface area contributed by atoms with Gasteiger partial charge in [-0.15, -0.1) is 0 Å². The lowest BCUT2D eigenvalue weighted by Crippen LogP contribution is -2.29. The Kier molecular flexibility index (Phi) is 5.53. The fourth-order valence-corrected chi connectivity index (χ4v) is 4.51. The number of ketones is 1. The SMILES string of the molecule is CC(C)Oc1cccc(/C(O)=C2\C(=O)C(=O)N(c3ccccc3O)C2c2c[nH]c3ccccc23)c1. The number of aliphatic hydroxyl groups excluding tert-OH is 1. The number of aliphatic hydroxyl groups is 1. The van der Waals surface area contributed by atoms with Gasteiger partial charge in [0.05, 0.1) is 23.4 Å². The van der Waals surface area contributed by atoms with Crippen LogP contribution < -0.4 is 9.64 Å². The first-order valence-electron chi connectivity index (χ1n) is 11.3. The van der Waals surface area contributed by atoms with Crippen LogP contribution in [0.2, 0.25) is 0 Å². The maximum atomic E-state index is 13.4. The minimum atomic E-state index is -0.964. The minimum absolute atomic E-state index is 0.0651. The van der Waals surface area contributed by atoms with Crippen LogP contribution in [0.5, 0.6) is 11.5 Å². The quantitative estimate of drug-likeness (QED) is 0.210. The molecule has 0 bridgehead atoms. The molecule has 3 aromatic carbocycles. The Balaban J connectivity index is 1.75. The molecular formula is C28H24N2O5. The number of ether oxygens (including phenoxy) is 1. The van der Waals surface area contributed by atoms with Gasteiger partial charge in [-0.3, -0.25) is 14.5 Å². The molecule has 1 aliphatic rings. The first-order chi connectivity index (χ1) is 16.9. The number of hydrogen-bond acceptors (Lipinski definition) is 5. The number of anilines is 1. The van der Waals surface area contributed by atoms with Crippen molar-refractivity contribution < 1.29 is 24.5 Å². The summed E-state index contributed by atoms with van der Waals surface area (Å²) >= 11 is 0. The average Bonchev–Trinajstić information content (AvgIpc) is 3.37. The predicted molar refractivity (Wildman–Crippen MR) is 133 cm³/mol. The number of phenols is 1. The summed E-state index contributed by atoms with van der Waals surface area (Å²) in [6, 6.07) is 19.6. The van der Waals surface area contributed by atoms with Gasteiger partial charge in [-0.1, -0.05) is 42.5 Å². The van der Waals surface area contributed by atoms with Crippen molar-refractivity contribution in [1.29, 1.82) is 0 Å². The Labute approximate surface area is 201 Å². The first kappa shape index (κ1) is 22.3. The molecule has 0 spiro atoms. The molecular weight excluding hydrogens is 444 g/mol. The van der Waals surface area contributed by atoms with E-state index < -0.39 is 17.7 Å². The van der Waals surface area contributed by atoms with E-state index in [1.54, 1.807) is 48.7 Å². The zero-order valence-electron chi connectivity index (χ0n) is 19.2. The van der Waals surface area contributed by atoms with Crippen molar-refractivity contribution >= 4 is 34.0 Å². The third-order valence-corrected chi connectivity index (χ3v) is 5.98. The number of aromatic amines is 1. The summed E-state index contributed by atoms with van der Waals surface area (Å²) < 4.78 is 5.74. The highest BCUT2D eigenvalue weighted by atomic mass is 16.5. The number of rotatable bonds is 5. The number of hydrogen-bond donors (Lipinski definition) is 3. The Bertz CT molecular complexity index is 1480. The second-order valence-electron chi connectivity index (χ2n) is 8.64. The molecule has 7 heteroatoms. The number of aromatic hydroxyl groups is 1. The lowest BCUT2D eigenvalue weighted by Gasteiger charge is -2.25. The molecule has 0 saturated carbocycles. The summed E-state index contributed by atoms with van der Waals surface area (Å²) in [5.74, 6) is -1.60. The molecule has 3 N–H and O–H groups in total. The maximum Gasteiger partial charge on any atom is 0.300 e. The van der Waals surface area contributed by atoms with Crippen LogP contribution in [-0.4, -0.2) is 33.0 Å². The van der Waals surface area contributed by atoms with E-state index in [-0.39, 0.29) is 28.9 Å². The summed E-state index contributed by atoms with van der Waals surface area (Å²) in [4.78, 5) is 31.1. The van der Waals surface area contributed by atoms with Crippen LogP contribution in [0.1, 0.15) is 31.0 Å². The van der Waals surface area contributed by atoms with Crippen LogP contribution in [0.3, 0.4) is 0 Å². The van der Waals surface area contributed by atoms with Gasteiger partial charge in [0, 0.05) is 28.2 Å². The maximum absolute atomic E-state index is 13.4. The van der Waals surface area contributed by atoms with Gasteiger partial charge in [-0.25, -0.2) is 0 Å². The normalized spacial score (nSPS) is 17.5. The van der Waals surface area contributed by atoms with E-state index in [1.807, 2.05) is 38.1 Å². The topological polar surface area (TPSA) is 103 Å². The number of para-hydroxylation sites is 3. The highest BCUT2D eigenvalue weighted by Crippen LogP contribution is 2.46. The van der Waals surface area contributed by atoms with Crippen molar-refractivity contribution in [3.05, 3.63) is 95.7 Å². The summed E-state index contributed by atoms with van der Waals surface area (Å²) in [6.07, 6.45) is 1.64. The van der Waals surface area contributed by atoms with E-state index >= 15 is 0 Å². The van der Waals surface area contributed by atoms with Gasteiger partial charge in [-0.05, 0) is 44.2 Å². The van der Waals surface area contributed by atoms with Crippen LogP contribution in [0.15, 0.2) is 84.6 Å². The molecule has 35 heavy (non-hydrogen) atoms. The van der Waals surface area contributed by atoms with Crippen LogP contribution in [0.25, 0.3) is 16.7 Å². The van der Waals surface area contributed by atoms with Crippen molar-refractivity contribution in [2.24, 2.45) is 0 Å². The number of carbonyl (C=O) groups is 2. The molecule has 4 aromatic rings. The third-order valence-electron chi connectivity index (χ3n) is 5.98. The highest BCUT2D eigenvalue weighted by molar-refractivity contribution is 6.52. The lowest BCUT2D eigenvalue weighted by atomic mass is 9.94. The summed E-state index contributed by atoms with van der Waals surface area (Å²) in [5.41, 5.74) is 1.91. The summed E-state index contributed by atoms with van der Waals surface area (Å²) in [7, 11) is 0. The number of amides is 1. The molecule has 1 fully saturated rings. The van der Waals surface area contributed by atoms with Crippen LogP contribution in [0.4, 0.5) is 5.69 Å². The van der Waals surface area contributed by atoms with Gasteiger partial charge in [0.25, 0.3) is 11.7 Å². The molecule has 1 aromatic heterocycles. The van der Waals surface area contributed by atoms with Gasteiger partial charge in [0.1, 0.15) is 17.3 Å². The largest absolute Gasteiger partial charge is 0.507 e. The molecule has 7 nitrogen and oxygen atoms in total. The van der Waals surface area contributed by atoms with E-state index in [9.17, 15) is 19.8 Å². The standard InChI is InChI=1S/C28H24N2O5/c1-16(2)35-18-9-7-8-17(14-18)26(32)24-25(20-15-29-21-11-4-3-10-19(20)21)30(28(34)27(24)33)22-12-5-6-13-23(22)31/h3-16,25,29,31-32H,1-2H3/b26-24+. The van der Waals surface area contributed by atoms with Gasteiger partial charge in [-0.2, -0.15) is 0 Å². The van der Waals surface area contributed by atoms with E-state index in [2.05, 4.69) is 4.98 Å². The van der Waals surface area contributed by atoms with Crippen molar-refractivity contribution in [3.63, 3.8) is 0 Å². The monoisotopic (exact) mass is 468 g/mol. The molecule has 2 heterocycles. The number of Topliss-reactive ketones (excluding diaryl/α,β-unsaturated/α-hetero) is 1. The van der Waals surface area contributed by atoms with Crippen molar-refractivity contribution in [2.45, 2.75) is 26.0 Å². The summed E-state index contributed by atoms with van der Waals surface area (Å²) in [5, 5.41) is 22.7. The van der Waals surface area contributed by atoms with Crippen molar-refractivity contribution in [2.75, 3.05) is 4.90 Å². The number of benzene rings is 3. The fraction of sp³-hybridized carbons (Fsp3) is 0.143. The van der Waals surface area contributed by atoms with Gasteiger partial charge in [0.15, 0.2) is 0 Å². The van der Waals surface area contributed by atoms with Gasteiger partial charge in [0.2, 0.25) is 0 Å². The molecule has 1 atom stereocenters. The fourth-order valence-electron chi connectivity index (χ4n) is 4.51. The molecule has 5 rings (SSSR count). The molecule has 1 amide bonds. The number of fused-ring (bicyclic) bond motifs is 1. The molecule has 1 aliphatic heterocycles. The number of phenolic OH excluding ortho intramolecular Hbond substituents is 1. The number of H-pyrrole nitrogens is 1. The predicted octanol–water partition coefficient (Wildman–Crippen LogP) is 5.29. The molecule has 0 aliphatic carbocycles. The Hall–Kier alpha value is -4.52. The minimum Gasteiger partial charge on any atom is -0.507 e. The third kappa shape index (κ3) is 3.81. The lowest BCUT2D eigenvalue weighted by molar-refractivity contribution is -0.132. The number of nitrogens with zero attached hydrogens (tertiary/aromatic N) is 1. The van der Waals surface area contributed by atoms with E-state index in [4.69, 9.17) is 4.74 Å². The second kappa shape index (κ2) is 8.68. The van der Waals surface area contributed by atoms with E-state index in [0.717, 1.165) is 10.9 Å². The van der Waals surface area contributed by atoms with E-state index in [1.165, 1.54) is 11.0 Å². The summed E-state index contributed by atoms with van der Waals surface area (Å²) in [6.45, 7) is 3.78. The van der Waals surface area contributed by atoms with Gasteiger partial charge >= 0.3 is 0 Å². The number of aromatic nitrogens is 1.